The van der Waals surface area contributed by atoms with Crippen molar-refractivity contribution in [1.29, 1.82) is 5.26 Å². The molecule has 1 aliphatic rings. The first-order valence-corrected chi connectivity index (χ1v) is 6.90. The number of nitrogens with zero attached hydrogens (tertiary/aromatic N) is 5. The second kappa shape index (κ2) is 6.18. The number of nitriles is 1. The van der Waals surface area contributed by atoms with Gasteiger partial charge in [0.05, 0.1) is 12.7 Å². The number of ether oxygens (including phenoxy) is 1. The van der Waals surface area contributed by atoms with Crippen LogP contribution in [0.3, 0.4) is 0 Å². The molecule has 3 rings (SSSR count). The van der Waals surface area contributed by atoms with E-state index < -0.39 is 0 Å². The zero-order valence-electron chi connectivity index (χ0n) is 11.5. The molecule has 0 N–H and O–H groups in total. The van der Waals surface area contributed by atoms with Crippen LogP contribution >= 0.6 is 0 Å². The van der Waals surface area contributed by atoms with Crippen LogP contribution in [0.5, 0.6) is 5.75 Å². The van der Waals surface area contributed by atoms with Gasteiger partial charge in [-0.05, 0) is 31.0 Å². The van der Waals surface area contributed by atoms with Crippen LogP contribution in [0.4, 0.5) is 5.95 Å². The summed E-state index contributed by atoms with van der Waals surface area (Å²) in [5.41, 5.74) is 0.385. The van der Waals surface area contributed by atoms with E-state index >= 15 is 0 Å². The van der Waals surface area contributed by atoms with E-state index in [1.807, 2.05) is 18.2 Å². The summed E-state index contributed by atoms with van der Waals surface area (Å²) in [5, 5.41) is 8.92. The van der Waals surface area contributed by atoms with E-state index in [1.54, 1.807) is 24.7 Å². The van der Waals surface area contributed by atoms with Crippen LogP contribution in [-0.2, 0) is 0 Å². The predicted molar refractivity (Wildman–Crippen MR) is 76.8 cm³/mol. The lowest BCUT2D eigenvalue weighted by molar-refractivity contribution is 0.178. The average Bonchev–Trinajstić information content (AvgIpc) is 2.56. The first-order valence-electron chi connectivity index (χ1n) is 6.90. The van der Waals surface area contributed by atoms with E-state index in [-0.39, 0.29) is 6.10 Å². The summed E-state index contributed by atoms with van der Waals surface area (Å²) in [6.45, 7) is 1.59. The third-order valence-corrected chi connectivity index (χ3v) is 3.36. The van der Waals surface area contributed by atoms with E-state index in [2.05, 4.69) is 19.9 Å². The molecule has 1 fully saturated rings. The van der Waals surface area contributed by atoms with Gasteiger partial charge in [-0.1, -0.05) is 0 Å². The van der Waals surface area contributed by atoms with Crippen LogP contribution < -0.4 is 9.64 Å². The van der Waals surface area contributed by atoms with Crippen molar-refractivity contribution in [1.82, 2.24) is 15.0 Å². The molecule has 0 radical (unpaired) electrons. The highest BCUT2D eigenvalue weighted by molar-refractivity contribution is 5.34. The van der Waals surface area contributed by atoms with Gasteiger partial charge in [0.25, 0.3) is 0 Å². The van der Waals surface area contributed by atoms with Crippen molar-refractivity contribution in [3.8, 4) is 11.8 Å². The van der Waals surface area contributed by atoms with Crippen molar-refractivity contribution in [2.45, 2.75) is 18.9 Å². The minimum atomic E-state index is 0.0808. The molecule has 2 aromatic rings. The maximum atomic E-state index is 8.92. The zero-order valence-corrected chi connectivity index (χ0v) is 11.5. The van der Waals surface area contributed by atoms with E-state index in [0.717, 1.165) is 25.1 Å². The maximum Gasteiger partial charge on any atom is 0.226 e. The lowest BCUT2D eigenvalue weighted by atomic mass is 10.1. The number of aromatic nitrogens is 3. The van der Waals surface area contributed by atoms with Gasteiger partial charge >= 0.3 is 0 Å². The fourth-order valence-corrected chi connectivity index (χ4v) is 2.39. The number of rotatable bonds is 3. The second-order valence-electron chi connectivity index (χ2n) is 4.87. The van der Waals surface area contributed by atoms with Gasteiger partial charge in [-0.2, -0.15) is 5.26 Å². The molecule has 1 aliphatic heterocycles. The van der Waals surface area contributed by atoms with Crippen LogP contribution in [0.15, 0.2) is 36.8 Å². The van der Waals surface area contributed by atoms with Gasteiger partial charge in [0.15, 0.2) is 0 Å². The van der Waals surface area contributed by atoms with Crippen molar-refractivity contribution < 1.29 is 4.74 Å². The average molecular weight is 281 g/mol. The lowest BCUT2D eigenvalue weighted by Crippen LogP contribution is -2.42. The highest BCUT2D eigenvalue weighted by Crippen LogP contribution is 2.20. The number of anilines is 1. The third-order valence-electron chi connectivity index (χ3n) is 3.36. The first-order chi connectivity index (χ1) is 10.3. The molecule has 0 amide bonds. The van der Waals surface area contributed by atoms with Gasteiger partial charge in [0.2, 0.25) is 5.95 Å². The van der Waals surface area contributed by atoms with Crippen LogP contribution in [0.1, 0.15) is 18.5 Å². The minimum absolute atomic E-state index is 0.0808. The maximum absolute atomic E-state index is 8.92. The van der Waals surface area contributed by atoms with Crippen molar-refractivity contribution in [3.05, 3.63) is 42.5 Å². The summed E-state index contributed by atoms with van der Waals surface area (Å²) in [5.74, 6) is 1.37. The molecule has 6 heteroatoms. The van der Waals surface area contributed by atoms with Gasteiger partial charge in [0, 0.05) is 18.9 Å². The molecule has 6 nitrogen and oxygen atoms in total. The molecule has 2 aromatic heterocycles. The highest BCUT2D eigenvalue weighted by atomic mass is 16.5. The van der Waals surface area contributed by atoms with Gasteiger partial charge in [-0.3, -0.25) is 4.98 Å². The molecule has 0 bridgehead atoms. The molecule has 0 aromatic carbocycles. The Bertz CT molecular complexity index is 640. The van der Waals surface area contributed by atoms with Crippen molar-refractivity contribution in [2.24, 2.45) is 0 Å². The number of pyridine rings is 1. The SMILES string of the molecule is N#Cc1ccnc(N2CCCC(Oc3cccnc3)C2)n1. The molecular formula is C15H15N5O. The van der Waals surface area contributed by atoms with Crippen molar-refractivity contribution >= 4 is 5.95 Å². The Hall–Kier alpha value is -2.68. The Kier molecular flexibility index (Phi) is 3.92. The molecule has 1 atom stereocenters. The topological polar surface area (TPSA) is 74.9 Å². The molecule has 0 aliphatic carbocycles. The summed E-state index contributed by atoms with van der Waals surface area (Å²) in [4.78, 5) is 14.6. The summed E-state index contributed by atoms with van der Waals surface area (Å²) >= 11 is 0. The largest absolute Gasteiger partial charge is 0.487 e. The quantitative estimate of drug-likeness (QED) is 0.854. The van der Waals surface area contributed by atoms with Crippen molar-refractivity contribution in [2.75, 3.05) is 18.0 Å². The molecular weight excluding hydrogens is 266 g/mol. The molecule has 3 heterocycles. The van der Waals surface area contributed by atoms with E-state index in [0.29, 0.717) is 18.2 Å². The van der Waals surface area contributed by atoms with Crippen LogP contribution in [0.2, 0.25) is 0 Å². The summed E-state index contributed by atoms with van der Waals surface area (Å²) in [7, 11) is 0. The monoisotopic (exact) mass is 281 g/mol. The highest BCUT2D eigenvalue weighted by Gasteiger charge is 2.23. The summed E-state index contributed by atoms with van der Waals surface area (Å²) < 4.78 is 5.94. The van der Waals surface area contributed by atoms with Gasteiger partial charge in [-0.25, -0.2) is 9.97 Å². The predicted octanol–water partition coefficient (Wildman–Crippen LogP) is 1.79. The first kappa shape index (κ1) is 13.3. The minimum Gasteiger partial charge on any atom is -0.487 e. The van der Waals surface area contributed by atoms with Crippen LogP contribution in [0.25, 0.3) is 0 Å². The van der Waals surface area contributed by atoms with Gasteiger partial charge < -0.3 is 9.64 Å². The van der Waals surface area contributed by atoms with E-state index in [4.69, 9.17) is 10.00 Å². The van der Waals surface area contributed by atoms with E-state index in [1.165, 1.54) is 0 Å². The summed E-state index contributed by atoms with van der Waals surface area (Å²) in [6.07, 6.45) is 7.13. The zero-order chi connectivity index (χ0) is 14.5. The van der Waals surface area contributed by atoms with Crippen LogP contribution in [0, 0.1) is 11.3 Å². The van der Waals surface area contributed by atoms with Gasteiger partial charge in [-0.15, -0.1) is 0 Å². The molecule has 21 heavy (non-hydrogen) atoms. The summed E-state index contributed by atoms with van der Waals surface area (Å²) in [6, 6.07) is 7.41. The Morgan fingerprint density at radius 3 is 3.10 bits per heavy atom. The molecule has 106 valence electrons. The Morgan fingerprint density at radius 2 is 2.29 bits per heavy atom. The Balaban J connectivity index is 1.69. The van der Waals surface area contributed by atoms with E-state index in [9.17, 15) is 0 Å². The number of piperidine rings is 1. The normalized spacial score (nSPS) is 18.0. The Labute approximate surface area is 123 Å². The fraction of sp³-hybridized carbons (Fsp3) is 0.333. The number of hydrogen-bond donors (Lipinski definition) is 0. The molecule has 0 spiro atoms. The van der Waals surface area contributed by atoms with Crippen molar-refractivity contribution in [3.63, 3.8) is 0 Å². The molecule has 1 saturated heterocycles. The fourth-order valence-electron chi connectivity index (χ4n) is 2.39. The lowest BCUT2D eigenvalue weighted by Gasteiger charge is -2.32. The second-order valence-corrected chi connectivity index (χ2v) is 4.87. The molecule has 1 unspecified atom stereocenters. The van der Waals surface area contributed by atoms with Crippen LogP contribution in [-0.4, -0.2) is 34.1 Å². The van der Waals surface area contributed by atoms with Gasteiger partial charge in [0.1, 0.15) is 23.6 Å². The Morgan fingerprint density at radius 1 is 1.33 bits per heavy atom. The smallest absolute Gasteiger partial charge is 0.226 e. The third kappa shape index (κ3) is 3.26. The molecule has 0 saturated carbocycles. The number of hydrogen-bond acceptors (Lipinski definition) is 6. The standard InChI is InChI=1S/C15H15N5O/c16-9-12-5-7-18-15(19-12)20-8-2-4-14(11-20)21-13-3-1-6-17-10-13/h1,3,5-7,10,14H,2,4,8,11H2.